The maximum Gasteiger partial charge on any atom is 0.324 e. The number of ether oxygens (including phenoxy) is 1. The molecular weight excluding hydrogens is 368 g/mol. The average Bonchev–Trinajstić information content (AvgIpc) is 3.25. The lowest BCUT2D eigenvalue weighted by Crippen LogP contribution is -2.33. The second kappa shape index (κ2) is 7.48. The molecule has 4 rings (SSSR count). The number of carbonyl (C=O) groups excluding carboxylic acids is 1. The largest absolute Gasteiger partial charge is 0.394 e. The molecule has 3 aromatic rings. The highest BCUT2D eigenvalue weighted by Crippen LogP contribution is 2.32. The van der Waals surface area contributed by atoms with Crippen LogP contribution in [0.2, 0.25) is 0 Å². The molecule has 2 aromatic heterocycles. The minimum absolute atomic E-state index is 0.170. The number of urea groups is 1. The molecule has 1 fully saturated rings. The number of fused-ring (bicyclic) bond motifs is 1. The van der Waals surface area contributed by atoms with E-state index in [0.29, 0.717) is 11.3 Å². The molecule has 0 aliphatic carbocycles. The van der Waals surface area contributed by atoms with Gasteiger partial charge in [0, 0.05) is 5.69 Å². The van der Waals surface area contributed by atoms with Crippen LogP contribution in [0, 0.1) is 0 Å². The van der Waals surface area contributed by atoms with Gasteiger partial charge in [0.15, 0.2) is 23.2 Å². The first-order valence-corrected chi connectivity index (χ1v) is 8.51. The Morgan fingerprint density at radius 3 is 2.61 bits per heavy atom. The number of anilines is 2. The number of rotatable bonds is 4. The van der Waals surface area contributed by atoms with Crippen LogP contribution in [0.1, 0.15) is 6.23 Å². The second-order valence-electron chi connectivity index (χ2n) is 6.22. The molecule has 4 atom stereocenters. The fourth-order valence-corrected chi connectivity index (χ4v) is 3.03. The van der Waals surface area contributed by atoms with Gasteiger partial charge in [0.25, 0.3) is 0 Å². The lowest BCUT2D eigenvalue weighted by atomic mass is 10.1. The molecule has 0 radical (unpaired) electrons. The highest BCUT2D eigenvalue weighted by atomic mass is 16.6. The zero-order valence-electron chi connectivity index (χ0n) is 14.5. The lowest BCUT2D eigenvalue weighted by molar-refractivity contribution is -0.0511. The van der Waals surface area contributed by atoms with Crippen LogP contribution in [0.5, 0.6) is 0 Å². The lowest BCUT2D eigenvalue weighted by Gasteiger charge is -2.16. The van der Waals surface area contributed by atoms with Gasteiger partial charge in [-0.05, 0) is 12.1 Å². The summed E-state index contributed by atoms with van der Waals surface area (Å²) in [5.74, 6) is 0.170. The van der Waals surface area contributed by atoms with Crippen molar-refractivity contribution < 1.29 is 24.9 Å². The van der Waals surface area contributed by atoms with Crippen LogP contribution < -0.4 is 10.6 Å². The molecule has 0 bridgehead atoms. The molecule has 11 nitrogen and oxygen atoms in total. The summed E-state index contributed by atoms with van der Waals surface area (Å²) in [7, 11) is 0. The first-order chi connectivity index (χ1) is 13.6. The maximum atomic E-state index is 12.2. The van der Waals surface area contributed by atoms with Gasteiger partial charge in [-0.25, -0.2) is 19.7 Å². The Morgan fingerprint density at radius 2 is 1.89 bits per heavy atom. The smallest absolute Gasteiger partial charge is 0.324 e. The Hall–Kier alpha value is -3.12. The monoisotopic (exact) mass is 386 g/mol. The van der Waals surface area contributed by atoms with Crippen molar-refractivity contribution in [2.24, 2.45) is 0 Å². The number of aliphatic hydroxyl groups is 3. The van der Waals surface area contributed by atoms with Gasteiger partial charge in [0.1, 0.15) is 24.6 Å². The van der Waals surface area contributed by atoms with E-state index < -0.39 is 37.2 Å². The molecule has 2 amide bonds. The number of imidazole rings is 1. The highest BCUT2D eigenvalue weighted by molar-refractivity contribution is 6.02. The summed E-state index contributed by atoms with van der Waals surface area (Å²) in [6, 6.07) is 8.40. The summed E-state index contributed by atoms with van der Waals surface area (Å²) < 4.78 is 6.92. The number of benzene rings is 1. The predicted molar refractivity (Wildman–Crippen MR) is 97.4 cm³/mol. The maximum absolute atomic E-state index is 12.2. The van der Waals surface area contributed by atoms with Crippen molar-refractivity contribution in [2.75, 3.05) is 17.2 Å². The third kappa shape index (κ3) is 3.27. The number of carbonyl (C=O) groups is 1. The van der Waals surface area contributed by atoms with Crippen molar-refractivity contribution in [1.29, 1.82) is 0 Å². The van der Waals surface area contributed by atoms with Gasteiger partial charge in [-0.15, -0.1) is 0 Å². The zero-order chi connectivity index (χ0) is 19.7. The Bertz CT molecular complexity index is 981. The molecular formula is C17H18N6O5. The van der Waals surface area contributed by atoms with E-state index in [1.165, 1.54) is 17.2 Å². The molecule has 1 aromatic carbocycles. The normalized spacial score (nSPS) is 24.4. The van der Waals surface area contributed by atoms with Gasteiger partial charge < -0.3 is 25.4 Å². The summed E-state index contributed by atoms with van der Waals surface area (Å²) in [6.07, 6.45) is -1.84. The Labute approximate surface area is 158 Å². The first kappa shape index (κ1) is 18.3. The summed E-state index contributed by atoms with van der Waals surface area (Å²) in [6.45, 7) is -0.442. The fraction of sp³-hybridized carbons (Fsp3) is 0.294. The fourth-order valence-electron chi connectivity index (χ4n) is 3.03. The number of nitrogens with zero attached hydrogens (tertiary/aromatic N) is 4. The Balaban J connectivity index is 1.58. The standard InChI is InChI=1S/C17H18N6O5/c24-6-10-12(25)13(26)16(28-10)23-8-20-11-14(18-7-19-15(11)23)22-17(27)21-9-4-2-1-3-5-9/h1-5,7-8,10,12-13,16,24-26H,6H2,(H2,18,19,21,22,27). The van der Waals surface area contributed by atoms with Crippen LogP contribution in [0.4, 0.5) is 16.3 Å². The molecule has 1 saturated heterocycles. The van der Waals surface area contributed by atoms with Gasteiger partial charge >= 0.3 is 6.03 Å². The Morgan fingerprint density at radius 1 is 1.11 bits per heavy atom. The minimum atomic E-state index is -1.28. The van der Waals surface area contributed by atoms with E-state index in [1.807, 2.05) is 6.07 Å². The molecule has 3 heterocycles. The molecule has 28 heavy (non-hydrogen) atoms. The summed E-state index contributed by atoms with van der Waals surface area (Å²) in [5.41, 5.74) is 1.19. The molecule has 1 aliphatic rings. The van der Waals surface area contributed by atoms with Crippen molar-refractivity contribution >= 4 is 28.7 Å². The van der Waals surface area contributed by atoms with Crippen molar-refractivity contribution in [3.05, 3.63) is 43.0 Å². The quantitative estimate of drug-likeness (QED) is 0.422. The van der Waals surface area contributed by atoms with Crippen molar-refractivity contribution in [2.45, 2.75) is 24.5 Å². The number of para-hydroxylation sites is 1. The molecule has 11 heteroatoms. The van der Waals surface area contributed by atoms with E-state index in [9.17, 15) is 20.1 Å². The molecule has 146 valence electrons. The number of hydrogen-bond acceptors (Lipinski definition) is 8. The molecule has 4 unspecified atom stereocenters. The molecule has 0 spiro atoms. The van der Waals surface area contributed by atoms with E-state index in [2.05, 4.69) is 25.6 Å². The van der Waals surface area contributed by atoms with Crippen LogP contribution in [-0.4, -0.2) is 65.8 Å². The predicted octanol–water partition coefficient (Wildman–Crippen LogP) is 0.0818. The van der Waals surface area contributed by atoms with Crippen LogP contribution in [-0.2, 0) is 4.74 Å². The SMILES string of the molecule is O=C(Nc1ccccc1)Nc1ncnc2c1ncn2C1OC(CO)C(O)C1O. The second-order valence-corrected chi connectivity index (χ2v) is 6.22. The summed E-state index contributed by atoms with van der Waals surface area (Å²) >= 11 is 0. The molecule has 1 aliphatic heterocycles. The van der Waals surface area contributed by atoms with Crippen LogP contribution in [0.3, 0.4) is 0 Å². The van der Waals surface area contributed by atoms with Crippen molar-refractivity contribution in [1.82, 2.24) is 19.5 Å². The zero-order valence-corrected chi connectivity index (χ0v) is 14.5. The van der Waals surface area contributed by atoms with E-state index in [4.69, 9.17) is 4.74 Å². The van der Waals surface area contributed by atoms with E-state index in [-0.39, 0.29) is 11.3 Å². The third-order valence-corrected chi connectivity index (χ3v) is 4.41. The van der Waals surface area contributed by atoms with Gasteiger partial charge in [0.05, 0.1) is 12.9 Å². The first-order valence-electron chi connectivity index (χ1n) is 8.51. The van der Waals surface area contributed by atoms with Gasteiger partial charge in [-0.2, -0.15) is 0 Å². The number of hydrogen-bond donors (Lipinski definition) is 5. The number of aromatic nitrogens is 4. The number of aliphatic hydroxyl groups excluding tert-OH is 3. The number of amides is 2. The van der Waals surface area contributed by atoms with Crippen LogP contribution in [0.25, 0.3) is 11.2 Å². The number of nitrogens with one attached hydrogen (secondary N) is 2. The molecule has 5 N–H and O–H groups in total. The van der Waals surface area contributed by atoms with Crippen LogP contribution >= 0.6 is 0 Å². The van der Waals surface area contributed by atoms with Crippen molar-refractivity contribution in [3.8, 4) is 0 Å². The minimum Gasteiger partial charge on any atom is -0.394 e. The van der Waals surface area contributed by atoms with E-state index >= 15 is 0 Å². The van der Waals surface area contributed by atoms with E-state index in [1.54, 1.807) is 24.3 Å². The van der Waals surface area contributed by atoms with Crippen LogP contribution in [0.15, 0.2) is 43.0 Å². The average molecular weight is 386 g/mol. The van der Waals surface area contributed by atoms with Crippen molar-refractivity contribution in [3.63, 3.8) is 0 Å². The van der Waals surface area contributed by atoms with Gasteiger partial charge in [-0.1, -0.05) is 18.2 Å². The highest BCUT2D eigenvalue weighted by Gasteiger charge is 2.44. The van der Waals surface area contributed by atoms with Gasteiger partial charge in [0.2, 0.25) is 0 Å². The third-order valence-electron chi connectivity index (χ3n) is 4.41. The summed E-state index contributed by atoms with van der Waals surface area (Å²) in [5, 5.41) is 34.7. The topological polar surface area (TPSA) is 155 Å². The van der Waals surface area contributed by atoms with E-state index in [0.717, 1.165) is 0 Å². The molecule has 0 saturated carbocycles. The van der Waals surface area contributed by atoms with Gasteiger partial charge in [-0.3, -0.25) is 9.88 Å². The Kier molecular flexibility index (Phi) is 4.88. The summed E-state index contributed by atoms with van der Waals surface area (Å²) in [4.78, 5) is 24.6.